The van der Waals surface area contributed by atoms with Crippen LogP contribution in [-0.4, -0.2) is 12.1 Å². The Morgan fingerprint density at radius 1 is 1.00 bits per heavy atom. The Balaban J connectivity index is 1.58. The molecule has 0 amide bonds. The van der Waals surface area contributed by atoms with Gasteiger partial charge < -0.3 is 5.32 Å². The molecule has 0 bridgehead atoms. The highest BCUT2D eigenvalue weighted by molar-refractivity contribution is 5.33. The van der Waals surface area contributed by atoms with Gasteiger partial charge in [-0.15, -0.1) is 0 Å². The van der Waals surface area contributed by atoms with E-state index in [1.165, 1.54) is 38.5 Å². The summed E-state index contributed by atoms with van der Waals surface area (Å²) in [6.07, 6.45) is 8.09. The largest absolute Gasteiger partial charge is 0.311 e. The zero-order valence-electron chi connectivity index (χ0n) is 10.8. The molecule has 2 aliphatic rings. The Hall–Kier alpha value is -0.820. The maximum atomic E-state index is 3.90. The average Bonchev–Trinajstić information content (AvgIpc) is 2.71. The topological polar surface area (TPSA) is 12.0 Å². The molecule has 0 saturated heterocycles. The van der Waals surface area contributed by atoms with E-state index < -0.39 is 0 Å². The maximum absolute atomic E-state index is 3.90. The van der Waals surface area contributed by atoms with Crippen molar-refractivity contribution < 1.29 is 0 Å². The van der Waals surface area contributed by atoms with Crippen LogP contribution in [0.25, 0.3) is 0 Å². The van der Waals surface area contributed by atoms with E-state index in [1.54, 1.807) is 11.1 Å². The molecule has 1 aromatic rings. The van der Waals surface area contributed by atoms with Crippen LogP contribution in [0, 0.1) is 5.92 Å². The monoisotopic (exact) mass is 229 g/mol. The Kier molecular flexibility index (Phi) is 3.19. The minimum absolute atomic E-state index is 0.697. The van der Waals surface area contributed by atoms with E-state index in [-0.39, 0.29) is 0 Å². The third kappa shape index (κ3) is 2.55. The summed E-state index contributed by atoms with van der Waals surface area (Å²) in [5, 5.41) is 3.90. The summed E-state index contributed by atoms with van der Waals surface area (Å²) in [4.78, 5) is 0. The molecular formula is C16H23N. The lowest BCUT2D eigenvalue weighted by Gasteiger charge is -2.30. The fourth-order valence-corrected chi connectivity index (χ4v) is 3.60. The third-order valence-electron chi connectivity index (χ3n) is 4.46. The minimum atomic E-state index is 0.697. The highest BCUT2D eigenvalue weighted by atomic mass is 15.0. The van der Waals surface area contributed by atoms with Crippen molar-refractivity contribution in [2.75, 3.05) is 0 Å². The predicted molar refractivity (Wildman–Crippen MR) is 72.2 cm³/mol. The van der Waals surface area contributed by atoms with Gasteiger partial charge in [0.05, 0.1) is 0 Å². The fourth-order valence-electron chi connectivity index (χ4n) is 3.60. The van der Waals surface area contributed by atoms with Gasteiger partial charge in [-0.2, -0.15) is 0 Å². The molecular weight excluding hydrogens is 206 g/mol. The third-order valence-corrected chi connectivity index (χ3v) is 4.46. The van der Waals surface area contributed by atoms with Crippen LogP contribution in [-0.2, 0) is 12.8 Å². The zero-order valence-corrected chi connectivity index (χ0v) is 10.8. The molecule has 1 heteroatoms. The van der Waals surface area contributed by atoms with Gasteiger partial charge in [-0.1, -0.05) is 44.0 Å². The Morgan fingerprint density at radius 3 is 2.35 bits per heavy atom. The summed E-state index contributed by atoms with van der Waals surface area (Å²) in [6.45, 7) is 2.40. The van der Waals surface area contributed by atoms with Gasteiger partial charge >= 0.3 is 0 Å². The van der Waals surface area contributed by atoms with Crippen LogP contribution in [0.1, 0.15) is 43.7 Å². The van der Waals surface area contributed by atoms with E-state index in [4.69, 9.17) is 0 Å². The summed E-state index contributed by atoms with van der Waals surface area (Å²) in [7, 11) is 0. The molecule has 1 aromatic carbocycles. The van der Waals surface area contributed by atoms with Gasteiger partial charge in [0.1, 0.15) is 0 Å². The second-order valence-electron chi connectivity index (χ2n) is 6.01. The first-order valence-electron chi connectivity index (χ1n) is 7.14. The smallest absolute Gasteiger partial charge is 0.0151 e. The molecule has 1 N–H and O–H groups in total. The van der Waals surface area contributed by atoms with Gasteiger partial charge in [0.15, 0.2) is 0 Å². The molecule has 2 aliphatic carbocycles. The molecule has 17 heavy (non-hydrogen) atoms. The lowest BCUT2D eigenvalue weighted by atomic mass is 9.86. The SMILES string of the molecule is CC1CCCC(NC2Cc3ccccc3C2)C1. The molecule has 1 fully saturated rings. The predicted octanol–water partition coefficient (Wildman–Crippen LogP) is 3.32. The van der Waals surface area contributed by atoms with Crippen molar-refractivity contribution in [2.24, 2.45) is 5.92 Å². The van der Waals surface area contributed by atoms with E-state index in [2.05, 4.69) is 36.5 Å². The molecule has 1 saturated carbocycles. The number of benzene rings is 1. The molecule has 0 aromatic heterocycles. The minimum Gasteiger partial charge on any atom is -0.311 e. The van der Waals surface area contributed by atoms with Crippen LogP contribution in [0.2, 0.25) is 0 Å². The molecule has 3 rings (SSSR count). The van der Waals surface area contributed by atoms with Crippen molar-refractivity contribution in [1.82, 2.24) is 5.32 Å². The molecule has 2 atom stereocenters. The van der Waals surface area contributed by atoms with Crippen molar-refractivity contribution in [2.45, 2.75) is 57.5 Å². The normalized spacial score (nSPS) is 29.2. The molecule has 0 radical (unpaired) electrons. The number of nitrogens with one attached hydrogen (secondary N) is 1. The average molecular weight is 229 g/mol. The second-order valence-corrected chi connectivity index (χ2v) is 6.01. The first-order chi connectivity index (χ1) is 8.31. The van der Waals surface area contributed by atoms with E-state index in [9.17, 15) is 0 Å². The molecule has 0 spiro atoms. The summed E-state index contributed by atoms with van der Waals surface area (Å²) < 4.78 is 0. The molecule has 0 heterocycles. The van der Waals surface area contributed by atoms with Crippen LogP contribution in [0.4, 0.5) is 0 Å². The van der Waals surface area contributed by atoms with Gasteiger partial charge in [0, 0.05) is 12.1 Å². The highest BCUT2D eigenvalue weighted by Gasteiger charge is 2.25. The second kappa shape index (κ2) is 4.81. The van der Waals surface area contributed by atoms with Gasteiger partial charge in [0.2, 0.25) is 0 Å². The van der Waals surface area contributed by atoms with Crippen molar-refractivity contribution in [3.63, 3.8) is 0 Å². The van der Waals surface area contributed by atoms with Crippen LogP contribution < -0.4 is 5.32 Å². The summed E-state index contributed by atoms with van der Waals surface area (Å²) in [6, 6.07) is 10.4. The summed E-state index contributed by atoms with van der Waals surface area (Å²) >= 11 is 0. The Morgan fingerprint density at radius 2 is 1.71 bits per heavy atom. The van der Waals surface area contributed by atoms with Gasteiger partial charge in [0.25, 0.3) is 0 Å². The standard InChI is InChI=1S/C16H23N/c1-12-5-4-8-15(9-12)17-16-10-13-6-2-3-7-14(13)11-16/h2-3,6-7,12,15-17H,4-5,8-11H2,1H3. The lowest BCUT2D eigenvalue weighted by molar-refractivity contribution is 0.281. The Bertz CT molecular complexity index is 360. The quantitative estimate of drug-likeness (QED) is 0.820. The molecule has 92 valence electrons. The Labute approximate surface area is 105 Å². The van der Waals surface area contributed by atoms with Crippen molar-refractivity contribution in [3.05, 3.63) is 35.4 Å². The van der Waals surface area contributed by atoms with Gasteiger partial charge in [-0.3, -0.25) is 0 Å². The van der Waals surface area contributed by atoms with E-state index in [1.807, 2.05) is 0 Å². The van der Waals surface area contributed by atoms with Crippen molar-refractivity contribution >= 4 is 0 Å². The van der Waals surface area contributed by atoms with E-state index in [0.29, 0.717) is 6.04 Å². The number of hydrogen-bond donors (Lipinski definition) is 1. The highest BCUT2D eigenvalue weighted by Crippen LogP contribution is 2.27. The summed E-state index contributed by atoms with van der Waals surface area (Å²) in [5.41, 5.74) is 3.13. The van der Waals surface area contributed by atoms with Crippen molar-refractivity contribution in [3.8, 4) is 0 Å². The maximum Gasteiger partial charge on any atom is 0.0151 e. The van der Waals surface area contributed by atoms with Crippen LogP contribution in [0.15, 0.2) is 24.3 Å². The fraction of sp³-hybridized carbons (Fsp3) is 0.625. The number of rotatable bonds is 2. The lowest BCUT2D eigenvalue weighted by Crippen LogP contribution is -2.41. The molecule has 1 nitrogen and oxygen atoms in total. The molecule has 0 aliphatic heterocycles. The molecule has 2 unspecified atom stereocenters. The van der Waals surface area contributed by atoms with Gasteiger partial charge in [-0.05, 0) is 42.7 Å². The first-order valence-corrected chi connectivity index (χ1v) is 7.14. The van der Waals surface area contributed by atoms with Gasteiger partial charge in [-0.25, -0.2) is 0 Å². The van der Waals surface area contributed by atoms with Crippen LogP contribution in [0.5, 0.6) is 0 Å². The zero-order chi connectivity index (χ0) is 11.7. The van der Waals surface area contributed by atoms with Crippen LogP contribution in [0.3, 0.4) is 0 Å². The summed E-state index contributed by atoms with van der Waals surface area (Å²) in [5.74, 6) is 0.921. The van der Waals surface area contributed by atoms with E-state index >= 15 is 0 Å². The van der Waals surface area contributed by atoms with Crippen LogP contribution >= 0.6 is 0 Å². The number of fused-ring (bicyclic) bond motifs is 1. The van der Waals surface area contributed by atoms with Crippen molar-refractivity contribution in [1.29, 1.82) is 0 Å². The first kappa shape index (κ1) is 11.3. The van der Waals surface area contributed by atoms with E-state index in [0.717, 1.165) is 12.0 Å². The number of hydrogen-bond acceptors (Lipinski definition) is 1.